The Hall–Kier alpha value is -0.800. The number of methoxy groups -OCH3 is 2. The van der Waals surface area contributed by atoms with Gasteiger partial charge >= 0.3 is 0 Å². The van der Waals surface area contributed by atoms with Crippen molar-refractivity contribution in [3.63, 3.8) is 0 Å². The molecule has 0 amide bonds. The quantitative estimate of drug-likeness (QED) is 0.0521. The summed E-state index contributed by atoms with van der Waals surface area (Å²) in [6, 6.07) is 0. The summed E-state index contributed by atoms with van der Waals surface area (Å²) < 4.78 is 43.7. The number of hydrogen-bond donors (Lipinski definition) is 0. The van der Waals surface area contributed by atoms with Crippen LogP contribution in [0.4, 0.5) is 0 Å². The van der Waals surface area contributed by atoms with Gasteiger partial charge in [-0.1, -0.05) is 64.5 Å². The Morgan fingerprint density at radius 1 is 0.532 bits per heavy atom. The van der Waals surface area contributed by atoms with E-state index in [0.717, 1.165) is 88.2 Å². The molecular weight excluding hydrogens is 592 g/mol. The molecule has 0 rings (SSSR count). The average molecular weight is 671 g/mol. The summed E-state index contributed by atoms with van der Waals surface area (Å²) in [6.45, 7) is 33.1. The molecule has 0 aliphatic carbocycles. The number of hydrogen-bond acceptors (Lipinski definition) is 7. The van der Waals surface area contributed by atoms with Gasteiger partial charge in [0.15, 0.2) is 0 Å². The van der Waals surface area contributed by atoms with Crippen molar-refractivity contribution in [3.8, 4) is 0 Å². The van der Waals surface area contributed by atoms with Crippen molar-refractivity contribution >= 4 is 0 Å². The first-order valence-electron chi connectivity index (χ1n) is 18.5. The molecule has 0 aliphatic heterocycles. The fourth-order valence-corrected chi connectivity index (χ4v) is 7.44. The van der Waals surface area contributed by atoms with Crippen LogP contribution in [0, 0.1) is 0 Å². The average Bonchev–Trinajstić information content (AvgIpc) is 2.92. The lowest BCUT2D eigenvalue weighted by Crippen LogP contribution is -2.42. The zero-order valence-corrected chi connectivity index (χ0v) is 33.2. The Kier molecular flexibility index (Phi) is 24.0. The SMILES string of the molecule is C=C(C)CC(C)(CCC)OC(COC)CC(C)(CCC)OCCOCCOC(C)(CCC)CC(COC)OC(C)(CCC)CC(=C)C. The topological polar surface area (TPSA) is 64.6 Å². The molecule has 0 aromatic carbocycles. The molecule has 280 valence electrons. The maximum absolute atomic E-state index is 6.75. The fraction of sp³-hybridized carbons (Fsp3) is 0.900. The van der Waals surface area contributed by atoms with Gasteiger partial charge in [0.25, 0.3) is 0 Å². The summed E-state index contributed by atoms with van der Waals surface area (Å²) in [5.74, 6) is 0. The van der Waals surface area contributed by atoms with Gasteiger partial charge in [-0.15, -0.1) is 13.2 Å². The number of rotatable bonds is 32. The molecule has 0 aromatic heterocycles. The van der Waals surface area contributed by atoms with Crippen molar-refractivity contribution in [1.29, 1.82) is 0 Å². The molecule has 0 spiro atoms. The van der Waals surface area contributed by atoms with Crippen molar-refractivity contribution in [2.24, 2.45) is 0 Å². The predicted molar refractivity (Wildman–Crippen MR) is 198 cm³/mol. The van der Waals surface area contributed by atoms with Crippen LogP contribution in [0.3, 0.4) is 0 Å². The standard InChI is InChI=1S/C40H78O7/c1-15-19-37(9,29-35(31-41-13)46-39(11,21-17-3)27-33(5)6)44-25-23-43-24-26-45-38(10,20-16-2)30-36(32-42-14)47-40(12,22-18-4)28-34(7)8/h35-36H,5,7,15-32H2,1-4,6,8-14H3. The van der Waals surface area contributed by atoms with E-state index in [1.165, 1.54) is 0 Å². The Bertz CT molecular complexity index is 767. The van der Waals surface area contributed by atoms with Crippen LogP contribution in [0.1, 0.15) is 146 Å². The van der Waals surface area contributed by atoms with Crippen LogP contribution >= 0.6 is 0 Å². The van der Waals surface area contributed by atoms with E-state index in [1.807, 2.05) is 0 Å². The van der Waals surface area contributed by atoms with Crippen LogP contribution in [0.2, 0.25) is 0 Å². The van der Waals surface area contributed by atoms with Gasteiger partial charge in [-0.3, -0.25) is 0 Å². The molecule has 0 heterocycles. The lowest BCUT2D eigenvalue weighted by Gasteiger charge is -2.39. The molecule has 0 saturated heterocycles. The third kappa shape index (κ3) is 21.1. The van der Waals surface area contributed by atoms with E-state index in [4.69, 9.17) is 33.2 Å². The maximum atomic E-state index is 6.75. The molecule has 7 heteroatoms. The summed E-state index contributed by atoms with van der Waals surface area (Å²) in [5.41, 5.74) is 1.08. The highest BCUT2D eigenvalue weighted by molar-refractivity contribution is 4.98. The lowest BCUT2D eigenvalue weighted by molar-refractivity contribution is -0.154. The third-order valence-corrected chi connectivity index (χ3v) is 8.75. The van der Waals surface area contributed by atoms with Crippen LogP contribution in [-0.2, 0) is 33.2 Å². The molecule has 6 atom stereocenters. The summed E-state index contributed by atoms with van der Waals surface area (Å²) in [5, 5.41) is 0. The van der Waals surface area contributed by atoms with E-state index >= 15 is 0 Å². The second-order valence-electron chi connectivity index (χ2n) is 15.2. The largest absolute Gasteiger partial charge is 0.382 e. The van der Waals surface area contributed by atoms with Gasteiger partial charge in [-0.05, 0) is 80.1 Å². The smallest absolute Gasteiger partial charge is 0.0843 e. The summed E-state index contributed by atoms with van der Waals surface area (Å²) in [7, 11) is 3.48. The van der Waals surface area contributed by atoms with Crippen molar-refractivity contribution in [2.75, 3.05) is 53.9 Å². The van der Waals surface area contributed by atoms with Gasteiger partial charge in [0.05, 0.1) is 74.3 Å². The summed E-state index contributed by atoms with van der Waals surface area (Å²) in [4.78, 5) is 0. The minimum atomic E-state index is -0.333. The van der Waals surface area contributed by atoms with Crippen LogP contribution < -0.4 is 0 Å². The highest BCUT2D eigenvalue weighted by atomic mass is 16.6. The number of ether oxygens (including phenoxy) is 7. The highest BCUT2D eigenvalue weighted by Crippen LogP contribution is 2.33. The maximum Gasteiger partial charge on any atom is 0.0843 e. The fourth-order valence-electron chi connectivity index (χ4n) is 7.44. The lowest BCUT2D eigenvalue weighted by atomic mass is 9.90. The monoisotopic (exact) mass is 671 g/mol. The third-order valence-electron chi connectivity index (χ3n) is 8.75. The van der Waals surface area contributed by atoms with Gasteiger partial charge in [0, 0.05) is 27.1 Å². The van der Waals surface area contributed by atoms with Crippen molar-refractivity contribution in [1.82, 2.24) is 0 Å². The Labute approximate surface area is 291 Å². The minimum Gasteiger partial charge on any atom is -0.382 e. The first-order chi connectivity index (χ1) is 22.1. The first-order valence-corrected chi connectivity index (χ1v) is 18.5. The van der Waals surface area contributed by atoms with E-state index in [9.17, 15) is 0 Å². The van der Waals surface area contributed by atoms with Gasteiger partial charge < -0.3 is 33.2 Å². The molecule has 7 nitrogen and oxygen atoms in total. The zero-order valence-electron chi connectivity index (χ0n) is 33.2. The van der Waals surface area contributed by atoms with Crippen LogP contribution in [-0.4, -0.2) is 88.5 Å². The Balaban J connectivity index is 5.16. The molecule has 0 aromatic rings. The second kappa shape index (κ2) is 24.4. The normalized spacial score (nSPS) is 18.5. The van der Waals surface area contributed by atoms with Gasteiger partial charge in [-0.25, -0.2) is 0 Å². The Morgan fingerprint density at radius 3 is 1.13 bits per heavy atom. The summed E-state index contributed by atoms with van der Waals surface area (Å²) in [6.07, 6.45) is 11.1. The predicted octanol–water partition coefficient (Wildman–Crippen LogP) is 10.0. The van der Waals surface area contributed by atoms with Crippen LogP contribution in [0.5, 0.6) is 0 Å². The second-order valence-corrected chi connectivity index (χ2v) is 15.2. The van der Waals surface area contributed by atoms with Gasteiger partial charge in [-0.2, -0.15) is 0 Å². The van der Waals surface area contributed by atoms with E-state index < -0.39 is 0 Å². The highest BCUT2D eigenvalue weighted by Gasteiger charge is 2.36. The molecule has 47 heavy (non-hydrogen) atoms. The zero-order chi connectivity index (χ0) is 36.0. The van der Waals surface area contributed by atoms with Gasteiger partial charge in [0.1, 0.15) is 0 Å². The minimum absolute atomic E-state index is 0.0652. The molecule has 0 N–H and O–H groups in total. The summed E-state index contributed by atoms with van der Waals surface area (Å²) >= 11 is 0. The van der Waals surface area contributed by atoms with Crippen molar-refractivity contribution in [2.45, 2.75) is 181 Å². The molecule has 0 saturated carbocycles. The molecular formula is C40H78O7. The van der Waals surface area contributed by atoms with Crippen molar-refractivity contribution < 1.29 is 33.2 Å². The van der Waals surface area contributed by atoms with Crippen LogP contribution in [0.25, 0.3) is 0 Å². The van der Waals surface area contributed by atoms with E-state index in [-0.39, 0.29) is 34.6 Å². The van der Waals surface area contributed by atoms with Crippen LogP contribution in [0.15, 0.2) is 24.3 Å². The first kappa shape index (κ1) is 46.2. The van der Waals surface area contributed by atoms with Crippen molar-refractivity contribution in [3.05, 3.63) is 24.3 Å². The Morgan fingerprint density at radius 2 is 0.851 bits per heavy atom. The molecule has 0 aliphatic rings. The molecule has 0 fully saturated rings. The van der Waals surface area contributed by atoms with E-state index in [0.29, 0.717) is 39.6 Å². The van der Waals surface area contributed by atoms with E-state index in [2.05, 4.69) is 82.4 Å². The molecule has 0 bridgehead atoms. The molecule has 0 radical (unpaired) electrons. The molecule has 6 unspecified atom stereocenters. The van der Waals surface area contributed by atoms with Gasteiger partial charge in [0.2, 0.25) is 0 Å². The van der Waals surface area contributed by atoms with E-state index in [1.54, 1.807) is 14.2 Å².